The number of nitrogens with zero attached hydrogens (tertiary/aromatic N) is 1. The number of hydrogen-bond donors (Lipinski definition) is 2. The maximum Gasteiger partial charge on any atom is 0.276 e. The second kappa shape index (κ2) is 9.38. The van der Waals surface area contributed by atoms with Crippen LogP contribution in [0.1, 0.15) is 25.3 Å². The van der Waals surface area contributed by atoms with Crippen molar-refractivity contribution in [2.24, 2.45) is 0 Å². The maximum atomic E-state index is 12.7. The van der Waals surface area contributed by atoms with Crippen molar-refractivity contribution in [2.45, 2.75) is 36.4 Å². The second-order valence-corrected chi connectivity index (χ2v) is 9.56. The van der Waals surface area contributed by atoms with Gasteiger partial charge in [0.05, 0.1) is 0 Å². The van der Waals surface area contributed by atoms with Gasteiger partial charge in [-0.05, 0) is 42.3 Å². The summed E-state index contributed by atoms with van der Waals surface area (Å²) in [5, 5.41) is 1.68. The van der Waals surface area contributed by atoms with Crippen LogP contribution in [0.25, 0.3) is 0 Å². The number of sulfonamides is 1. The van der Waals surface area contributed by atoms with Crippen LogP contribution in [-0.4, -0.2) is 43.7 Å². The number of carbonyl (C=O) groups excluding carboxylic acids is 2. The van der Waals surface area contributed by atoms with E-state index in [4.69, 9.17) is 4.74 Å². The van der Waals surface area contributed by atoms with Crippen LogP contribution in [0.2, 0.25) is 0 Å². The minimum absolute atomic E-state index is 0.198. The topological polar surface area (TPSA) is 105 Å². The molecule has 2 amide bonds. The largest absolute Gasteiger partial charge is 0.483 e. The van der Waals surface area contributed by atoms with E-state index in [1.807, 2.05) is 25.1 Å². The predicted molar refractivity (Wildman–Crippen MR) is 109 cm³/mol. The number of thiophene rings is 1. The van der Waals surface area contributed by atoms with Gasteiger partial charge in [0.15, 0.2) is 6.61 Å². The van der Waals surface area contributed by atoms with E-state index < -0.39 is 27.9 Å². The van der Waals surface area contributed by atoms with Crippen LogP contribution in [0.5, 0.6) is 5.75 Å². The molecule has 3 rings (SSSR count). The van der Waals surface area contributed by atoms with Crippen LogP contribution in [0.3, 0.4) is 0 Å². The molecule has 0 aliphatic carbocycles. The zero-order valence-corrected chi connectivity index (χ0v) is 17.6. The summed E-state index contributed by atoms with van der Waals surface area (Å²) in [6.07, 6.45) is 1.74. The number of rotatable bonds is 7. The fourth-order valence-electron chi connectivity index (χ4n) is 3.15. The molecule has 1 fully saturated rings. The summed E-state index contributed by atoms with van der Waals surface area (Å²) < 4.78 is 32.3. The lowest BCUT2D eigenvalue weighted by molar-refractivity contribution is -0.131. The molecule has 1 aromatic carbocycles. The summed E-state index contributed by atoms with van der Waals surface area (Å²) in [7, 11) is -3.73. The van der Waals surface area contributed by atoms with Crippen LogP contribution >= 0.6 is 11.3 Å². The number of benzene rings is 1. The van der Waals surface area contributed by atoms with E-state index in [0.717, 1.165) is 23.3 Å². The van der Waals surface area contributed by atoms with Gasteiger partial charge in [0, 0.05) is 6.54 Å². The number of nitrogens with one attached hydrogen (secondary N) is 2. The van der Waals surface area contributed by atoms with Crippen LogP contribution in [0.4, 0.5) is 0 Å². The molecule has 2 aromatic rings. The van der Waals surface area contributed by atoms with Gasteiger partial charge in [-0.25, -0.2) is 8.42 Å². The number of aryl methyl sites for hydroxylation is 1. The molecule has 0 saturated carbocycles. The summed E-state index contributed by atoms with van der Waals surface area (Å²) in [5.74, 6) is -0.486. The van der Waals surface area contributed by atoms with Crippen molar-refractivity contribution in [1.82, 2.24) is 15.2 Å². The zero-order valence-electron chi connectivity index (χ0n) is 16.0. The van der Waals surface area contributed by atoms with E-state index in [2.05, 4.69) is 10.9 Å². The summed E-state index contributed by atoms with van der Waals surface area (Å²) >= 11 is 1.11. The number of amides is 2. The molecule has 10 heteroatoms. The lowest BCUT2D eigenvalue weighted by Crippen LogP contribution is -2.52. The number of ether oxygens (including phenoxy) is 1. The van der Waals surface area contributed by atoms with E-state index in [0.29, 0.717) is 18.6 Å². The lowest BCUT2D eigenvalue weighted by Gasteiger charge is -2.22. The van der Waals surface area contributed by atoms with Gasteiger partial charge in [-0.15, -0.1) is 11.3 Å². The SMILES string of the molecule is CCc1ccccc1OCC(=O)NNC(=O)C1CCCN1S(=O)(=O)c1cccs1. The molecule has 156 valence electrons. The first-order valence-electron chi connectivity index (χ1n) is 9.28. The molecule has 0 spiro atoms. The smallest absolute Gasteiger partial charge is 0.276 e. The average molecular weight is 438 g/mol. The predicted octanol–water partition coefficient (Wildman–Crippen LogP) is 1.69. The Morgan fingerprint density at radius 1 is 1.21 bits per heavy atom. The Labute approximate surface area is 173 Å². The number of hydrazine groups is 1. The van der Waals surface area contributed by atoms with Gasteiger partial charge >= 0.3 is 0 Å². The van der Waals surface area contributed by atoms with E-state index >= 15 is 0 Å². The molecule has 1 aliphatic heterocycles. The summed E-state index contributed by atoms with van der Waals surface area (Å²) in [5.41, 5.74) is 5.58. The Morgan fingerprint density at radius 2 is 2.00 bits per heavy atom. The monoisotopic (exact) mass is 437 g/mol. The lowest BCUT2D eigenvalue weighted by atomic mass is 10.1. The first kappa shape index (κ1) is 21.3. The standard InChI is InChI=1S/C19H23N3O5S2/c1-2-14-7-3-4-9-16(14)27-13-17(23)20-21-19(24)15-8-5-11-22(15)29(25,26)18-10-6-12-28-18/h3-4,6-7,9-10,12,15H,2,5,8,11,13H2,1H3,(H,20,23)(H,21,24). The summed E-state index contributed by atoms with van der Waals surface area (Å²) in [6.45, 7) is 1.99. The molecule has 2 N–H and O–H groups in total. The molecule has 0 bridgehead atoms. The summed E-state index contributed by atoms with van der Waals surface area (Å²) in [4.78, 5) is 24.5. The fourth-order valence-corrected chi connectivity index (χ4v) is 5.92. The second-order valence-electron chi connectivity index (χ2n) is 6.49. The highest BCUT2D eigenvalue weighted by Gasteiger charge is 2.40. The molecular formula is C19H23N3O5S2. The third kappa shape index (κ3) is 4.95. The number of para-hydroxylation sites is 1. The van der Waals surface area contributed by atoms with Crippen molar-refractivity contribution >= 4 is 33.2 Å². The first-order valence-corrected chi connectivity index (χ1v) is 11.6. The van der Waals surface area contributed by atoms with Gasteiger partial charge in [-0.3, -0.25) is 20.4 Å². The molecule has 0 radical (unpaired) electrons. The van der Waals surface area contributed by atoms with E-state index in [1.165, 1.54) is 10.4 Å². The molecule has 29 heavy (non-hydrogen) atoms. The molecule has 1 aromatic heterocycles. The molecule has 1 unspecified atom stereocenters. The highest BCUT2D eigenvalue weighted by molar-refractivity contribution is 7.91. The van der Waals surface area contributed by atoms with Crippen LogP contribution in [0, 0.1) is 0 Å². The summed E-state index contributed by atoms with van der Waals surface area (Å²) in [6, 6.07) is 9.71. The van der Waals surface area contributed by atoms with E-state index in [-0.39, 0.29) is 17.4 Å². The van der Waals surface area contributed by atoms with E-state index in [9.17, 15) is 18.0 Å². The molecule has 1 atom stereocenters. The quantitative estimate of drug-likeness (QED) is 0.642. The van der Waals surface area contributed by atoms with Crippen molar-refractivity contribution in [1.29, 1.82) is 0 Å². The normalized spacial score (nSPS) is 17.1. The Morgan fingerprint density at radius 3 is 2.72 bits per heavy atom. The molecule has 2 heterocycles. The van der Waals surface area contributed by atoms with Gasteiger partial charge in [0.1, 0.15) is 16.0 Å². The van der Waals surface area contributed by atoms with Gasteiger partial charge < -0.3 is 4.74 Å². The van der Waals surface area contributed by atoms with Crippen LogP contribution in [-0.2, 0) is 26.0 Å². The Kier molecular flexibility index (Phi) is 6.88. The van der Waals surface area contributed by atoms with Crippen molar-refractivity contribution in [3.8, 4) is 5.75 Å². The fraction of sp³-hybridized carbons (Fsp3) is 0.368. The molecular weight excluding hydrogens is 414 g/mol. The van der Waals surface area contributed by atoms with Crippen molar-refractivity contribution < 1.29 is 22.7 Å². The van der Waals surface area contributed by atoms with Gasteiger partial charge in [-0.1, -0.05) is 31.2 Å². The van der Waals surface area contributed by atoms with E-state index in [1.54, 1.807) is 17.5 Å². The minimum atomic E-state index is -3.73. The van der Waals surface area contributed by atoms with Crippen molar-refractivity contribution in [3.05, 3.63) is 47.3 Å². The highest BCUT2D eigenvalue weighted by atomic mass is 32.2. The minimum Gasteiger partial charge on any atom is -0.483 e. The first-order chi connectivity index (χ1) is 13.9. The zero-order chi connectivity index (χ0) is 20.9. The highest BCUT2D eigenvalue weighted by Crippen LogP contribution is 2.28. The Balaban J connectivity index is 1.54. The van der Waals surface area contributed by atoms with Gasteiger partial charge in [0.2, 0.25) is 0 Å². The van der Waals surface area contributed by atoms with Crippen LogP contribution in [0.15, 0.2) is 46.0 Å². The van der Waals surface area contributed by atoms with Gasteiger partial charge in [-0.2, -0.15) is 4.31 Å². The third-order valence-corrected chi connectivity index (χ3v) is 7.88. The Hall–Kier alpha value is -2.43. The van der Waals surface area contributed by atoms with Crippen LogP contribution < -0.4 is 15.6 Å². The maximum absolute atomic E-state index is 12.7. The van der Waals surface area contributed by atoms with Crippen molar-refractivity contribution in [2.75, 3.05) is 13.2 Å². The Bertz CT molecular complexity index is 960. The van der Waals surface area contributed by atoms with Crippen molar-refractivity contribution in [3.63, 3.8) is 0 Å². The van der Waals surface area contributed by atoms with Gasteiger partial charge in [0.25, 0.3) is 21.8 Å². The average Bonchev–Trinajstić information content (AvgIpc) is 3.43. The molecule has 1 aliphatic rings. The number of carbonyl (C=O) groups is 2. The number of hydrogen-bond acceptors (Lipinski definition) is 6. The third-order valence-electron chi connectivity index (χ3n) is 4.60. The molecule has 1 saturated heterocycles. The molecule has 8 nitrogen and oxygen atoms in total.